The summed E-state index contributed by atoms with van der Waals surface area (Å²) < 4.78 is 0. The van der Waals surface area contributed by atoms with E-state index in [9.17, 15) is 4.79 Å². The van der Waals surface area contributed by atoms with Crippen LogP contribution in [0.15, 0.2) is 24.3 Å². The van der Waals surface area contributed by atoms with Crippen LogP contribution in [0.3, 0.4) is 0 Å². The van der Waals surface area contributed by atoms with Gasteiger partial charge in [-0.2, -0.15) is 15.0 Å². The van der Waals surface area contributed by atoms with Gasteiger partial charge in [0, 0.05) is 24.7 Å². The molecule has 0 aliphatic heterocycles. The summed E-state index contributed by atoms with van der Waals surface area (Å²) in [5.74, 6) is 4.13. The molecule has 3 atom stereocenters. The lowest BCUT2D eigenvalue weighted by Crippen LogP contribution is -2.22. The summed E-state index contributed by atoms with van der Waals surface area (Å²) in [7, 11) is 0. The molecule has 2 aliphatic carbocycles. The summed E-state index contributed by atoms with van der Waals surface area (Å²) in [5, 5.41) is 10.5. The number of carbonyl (C=O) groups excluding carboxylic acids is 1. The molecule has 7 heteroatoms. The van der Waals surface area contributed by atoms with Crippen LogP contribution in [0.4, 0.5) is 17.8 Å². The number of Topliss-reactive ketones (excluding diaryl/α,β-unsaturated/α-hetero) is 1. The lowest BCUT2D eigenvalue weighted by Gasteiger charge is -2.22. The van der Waals surface area contributed by atoms with E-state index in [0.717, 1.165) is 35.9 Å². The predicted molar refractivity (Wildman–Crippen MR) is 143 cm³/mol. The van der Waals surface area contributed by atoms with Crippen LogP contribution in [-0.4, -0.2) is 33.3 Å². The highest BCUT2D eigenvalue weighted by molar-refractivity contribution is 5.94. The normalized spacial score (nSPS) is 22.7. The average Bonchev–Trinajstić information content (AvgIpc) is 3.20. The highest BCUT2D eigenvalue weighted by Gasteiger charge is 2.31. The highest BCUT2D eigenvalue weighted by Crippen LogP contribution is 2.36. The third-order valence-corrected chi connectivity index (χ3v) is 7.76. The Bertz CT molecular complexity index is 956. The zero-order valence-electron chi connectivity index (χ0n) is 21.6. The van der Waals surface area contributed by atoms with Gasteiger partial charge in [0.05, 0.1) is 0 Å². The van der Waals surface area contributed by atoms with E-state index in [1.165, 1.54) is 51.4 Å². The molecular formula is C28H42N6O. The number of nitrogens with zero attached hydrogens (tertiary/aromatic N) is 3. The maximum absolute atomic E-state index is 11.5. The van der Waals surface area contributed by atoms with Crippen molar-refractivity contribution in [1.82, 2.24) is 15.0 Å². The van der Waals surface area contributed by atoms with Crippen LogP contribution < -0.4 is 16.0 Å². The number of carbonyl (C=O) groups is 1. The molecule has 2 fully saturated rings. The Labute approximate surface area is 210 Å². The fraction of sp³-hybridized carbons (Fsp3) is 0.643. The van der Waals surface area contributed by atoms with E-state index in [1.54, 1.807) is 6.92 Å². The summed E-state index contributed by atoms with van der Waals surface area (Å²) in [6.45, 7) is 7.73. The minimum Gasteiger partial charge on any atom is -0.354 e. The largest absolute Gasteiger partial charge is 0.354 e. The van der Waals surface area contributed by atoms with Gasteiger partial charge in [-0.3, -0.25) is 4.79 Å². The van der Waals surface area contributed by atoms with Crippen molar-refractivity contribution in [3.05, 3.63) is 35.4 Å². The Kier molecular flexibility index (Phi) is 8.94. The molecule has 4 rings (SSSR count). The molecule has 0 radical (unpaired) electrons. The van der Waals surface area contributed by atoms with Crippen LogP contribution >= 0.6 is 0 Å². The Morgan fingerprint density at radius 2 is 1.63 bits per heavy atom. The van der Waals surface area contributed by atoms with Crippen molar-refractivity contribution in [2.45, 2.75) is 91.1 Å². The minimum atomic E-state index is 0.0776. The molecular weight excluding hydrogens is 436 g/mol. The van der Waals surface area contributed by atoms with E-state index >= 15 is 0 Å². The molecule has 1 heterocycles. The molecule has 7 nitrogen and oxygen atoms in total. The van der Waals surface area contributed by atoms with Crippen molar-refractivity contribution in [3.63, 3.8) is 0 Å². The molecule has 190 valence electrons. The van der Waals surface area contributed by atoms with Crippen molar-refractivity contribution in [2.24, 2.45) is 17.8 Å². The number of aromatic nitrogens is 3. The van der Waals surface area contributed by atoms with Gasteiger partial charge in [0.25, 0.3) is 0 Å². The molecule has 0 saturated heterocycles. The quantitative estimate of drug-likeness (QED) is 0.326. The number of anilines is 3. The zero-order valence-corrected chi connectivity index (χ0v) is 21.6. The predicted octanol–water partition coefficient (Wildman–Crippen LogP) is 6.31. The van der Waals surface area contributed by atoms with Gasteiger partial charge in [-0.15, -0.1) is 0 Å². The van der Waals surface area contributed by atoms with E-state index in [0.29, 0.717) is 36.3 Å². The van der Waals surface area contributed by atoms with Gasteiger partial charge in [0.2, 0.25) is 17.8 Å². The van der Waals surface area contributed by atoms with Crippen molar-refractivity contribution < 1.29 is 4.79 Å². The summed E-state index contributed by atoms with van der Waals surface area (Å²) in [5.41, 5.74) is 1.80. The van der Waals surface area contributed by atoms with Crippen LogP contribution in [0, 0.1) is 17.8 Å². The topological polar surface area (TPSA) is 91.8 Å². The monoisotopic (exact) mass is 478 g/mol. The summed E-state index contributed by atoms with van der Waals surface area (Å²) >= 11 is 0. The lowest BCUT2D eigenvalue weighted by atomic mass is 9.89. The van der Waals surface area contributed by atoms with Gasteiger partial charge in [-0.25, -0.2) is 0 Å². The molecule has 0 amide bonds. The van der Waals surface area contributed by atoms with Crippen molar-refractivity contribution >= 4 is 23.6 Å². The fourth-order valence-electron chi connectivity index (χ4n) is 5.67. The molecule has 1 aromatic heterocycles. The van der Waals surface area contributed by atoms with Crippen LogP contribution in [-0.2, 0) is 6.54 Å². The molecule has 3 N–H and O–H groups in total. The number of hydrogen-bond donors (Lipinski definition) is 3. The first-order valence-electron chi connectivity index (χ1n) is 13.6. The van der Waals surface area contributed by atoms with Gasteiger partial charge in [0.1, 0.15) is 0 Å². The Morgan fingerprint density at radius 1 is 0.943 bits per heavy atom. The summed E-state index contributed by atoms with van der Waals surface area (Å²) in [6.07, 6.45) is 11.4. The first kappa shape index (κ1) is 25.4. The van der Waals surface area contributed by atoms with Crippen LogP contribution in [0.25, 0.3) is 0 Å². The second-order valence-electron chi connectivity index (χ2n) is 10.6. The molecule has 1 aromatic carbocycles. The molecule has 3 unspecified atom stereocenters. The van der Waals surface area contributed by atoms with E-state index in [4.69, 9.17) is 9.97 Å². The molecule has 35 heavy (non-hydrogen) atoms. The number of hydrogen-bond acceptors (Lipinski definition) is 7. The molecule has 2 aliphatic rings. The average molecular weight is 479 g/mol. The first-order valence-corrected chi connectivity index (χ1v) is 13.6. The van der Waals surface area contributed by atoms with Crippen molar-refractivity contribution in [1.29, 1.82) is 0 Å². The third kappa shape index (κ3) is 7.39. The van der Waals surface area contributed by atoms with E-state index < -0.39 is 0 Å². The third-order valence-electron chi connectivity index (χ3n) is 7.76. The lowest BCUT2D eigenvalue weighted by molar-refractivity contribution is 0.101. The van der Waals surface area contributed by atoms with Gasteiger partial charge in [-0.1, -0.05) is 70.2 Å². The fourth-order valence-corrected chi connectivity index (χ4v) is 5.67. The molecule has 0 spiro atoms. The van der Waals surface area contributed by atoms with Gasteiger partial charge < -0.3 is 16.0 Å². The summed E-state index contributed by atoms with van der Waals surface area (Å²) in [6, 6.07) is 8.08. The minimum absolute atomic E-state index is 0.0776. The zero-order chi connectivity index (χ0) is 24.6. The first-order chi connectivity index (χ1) is 17.0. The van der Waals surface area contributed by atoms with Gasteiger partial charge in [-0.05, 0) is 55.9 Å². The van der Waals surface area contributed by atoms with E-state index in [1.807, 2.05) is 24.3 Å². The SMILES string of the molecule is CCCC1CC(Nc2nc(NCc3ccc(C(C)=O)cc3)nc(NCC3CCCCC3)n2)CC1C. The molecule has 0 bridgehead atoms. The van der Waals surface area contributed by atoms with E-state index in [-0.39, 0.29) is 5.78 Å². The maximum atomic E-state index is 11.5. The second kappa shape index (κ2) is 12.3. The van der Waals surface area contributed by atoms with Crippen LogP contribution in [0.1, 0.15) is 94.5 Å². The number of ketones is 1. The van der Waals surface area contributed by atoms with Crippen molar-refractivity contribution in [2.75, 3.05) is 22.5 Å². The van der Waals surface area contributed by atoms with Gasteiger partial charge >= 0.3 is 0 Å². The Morgan fingerprint density at radius 3 is 2.31 bits per heavy atom. The highest BCUT2D eigenvalue weighted by atomic mass is 16.1. The summed E-state index contributed by atoms with van der Waals surface area (Å²) in [4.78, 5) is 25.7. The number of benzene rings is 1. The Balaban J connectivity index is 1.44. The molecule has 2 aromatic rings. The molecule has 2 saturated carbocycles. The Hall–Kier alpha value is -2.70. The van der Waals surface area contributed by atoms with E-state index in [2.05, 4.69) is 34.8 Å². The number of nitrogens with one attached hydrogen (secondary N) is 3. The van der Waals surface area contributed by atoms with Gasteiger partial charge in [0.15, 0.2) is 5.78 Å². The smallest absolute Gasteiger partial charge is 0.229 e. The van der Waals surface area contributed by atoms with Crippen molar-refractivity contribution in [3.8, 4) is 0 Å². The van der Waals surface area contributed by atoms with Crippen LogP contribution in [0.2, 0.25) is 0 Å². The standard InChI is InChI=1S/C28H42N6O/c1-4-8-24-16-25(15-19(24)2)31-28-33-26(29-17-21-9-6-5-7-10-21)32-27(34-28)30-18-22-11-13-23(14-12-22)20(3)35/h11-14,19,21,24-25H,4-10,15-18H2,1-3H3,(H3,29,30,31,32,33,34). The van der Waals surface area contributed by atoms with Crippen LogP contribution in [0.5, 0.6) is 0 Å². The number of rotatable bonds is 11. The maximum Gasteiger partial charge on any atom is 0.229 e. The second-order valence-corrected chi connectivity index (χ2v) is 10.6.